The number of hydrogen-bond donors (Lipinski definition) is 3. The normalized spacial score (nSPS) is 29.9. The fourth-order valence-electron chi connectivity index (χ4n) is 1.77. The van der Waals surface area contributed by atoms with Gasteiger partial charge in [0.1, 0.15) is 18.0 Å². The monoisotopic (exact) mass is 257 g/mol. The molecule has 18 heavy (non-hydrogen) atoms. The Morgan fingerprint density at radius 2 is 2.39 bits per heavy atom. The third-order valence-electron chi connectivity index (χ3n) is 2.69. The van der Waals surface area contributed by atoms with Crippen LogP contribution in [0.4, 0.5) is 10.2 Å². The van der Waals surface area contributed by atoms with Crippen LogP contribution in [0.3, 0.4) is 0 Å². The van der Waals surface area contributed by atoms with Crippen LogP contribution in [0.2, 0.25) is 0 Å². The molecule has 3 atom stereocenters. The quantitative estimate of drug-likeness (QED) is 0.622. The molecular formula is C10H12FN3O4. The maximum Gasteiger partial charge on any atom is 0.351 e. The molecule has 0 radical (unpaired) electrons. The lowest BCUT2D eigenvalue weighted by Crippen LogP contribution is -2.28. The van der Waals surface area contributed by atoms with Crippen molar-refractivity contribution in [1.29, 1.82) is 0 Å². The molecular weight excluding hydrogens is 245 g/mol. The molecule has 0 amide bonds. The highest BCUT2D eigenvalue weighted by Gasteiger charge is 2.40. The van der Waals surface area contributed by atoms with Gasteiger partial charge in [-0.1, -0.05) is 0 Å². The first-order chi connectivity index (χ1) is 8.58. The number of hydrogen-bond acceptors (Lipinski definition) is 6. The lowest BCUT2D eigenvalue weighted by Gasteiger charge is -2.14. The first kappa shape index (κ1) is 12.7. The number of ether oxygens (including phenoxy) is 1. The van der Waals surface area contributed by atoms with E-state index in [1.807, 2.05) is 0 Å². The lowest BCUT2D eigenvalue weighted by atomic mass is 10.1. The van der Waals surface area contributed by atoms with Crippen molar-refractivity contribution in [1.82, 2.24) is 9.55 Å². The molecule has 1 fully saturated rings. The molecule has 0 saturated carbocycles. The zero-order valence-electron chi connectivity index (χ0n) is 9.23. The molecule has 0 aromatic carbocycles. The van der Waals surface area contributed by atoms with Gasteiger partial charge in [0, 0.05) is 11.8 Å². The van der Waals surface area contributed by atoms with E-state index >= 15 is 0 Å². The topological polar surface area (TPSA) is 111 Å². The Balaban J connectivity index is 2.41. The molecule has 1 aliphatic heterocycles. The van der Waals surface area contributed by atoms with E-state index in [1.165, 1.54) is 12.3 Å². The molecule has 1 aliphatic rings. The van der Waals surface area contributed by atoms with Crippen LogP contribution < -0.4 is 11.4 Å². The number of halogens is 1. The van der Waals surface area contributed by atoms with Gasteiger partial charge >= 0.3 is 5.69 Å². The van der Waals surface area contributed by atoms with Crippen LogP contribution in [0.1, 0.15) is 6.23 Å². The number of rotatable bonds is 2. The maximum atomic E-state index is 12.8. The fourth-order valence-corrected chi connectivity index (χ4v) is 1.77. The van der Waals surface area contributed by atoms with Gasteiger partial charge < -0.3 is 20.7 Å². The molecule has 1 unspecified atom stereocenters. The molecule has 2 heterocycles. The first-order valence-electron chi connectivity index (χ1n) is 5.17. The number of nitrogens with zero attached hydrogens (tertiary/aromatic N) is 2. The number of nitrogen functional groups attached to an aromatic ring is 1. The summed E-state index contributed by atoms with van der Waals surface area (Å²) >= 11 is 0. The summed E-state index contributed by atoms with van der Waals surface area (Å²) in [5, 5.41) is 18.6. The highest BCUT2D eigenvalue weighted by Crippen LogP contribution is 2.33. The van der Waals surface area contributed by atoms with E-state index in [0.29, 0.717) is 0 Å². The molecule has 1 aromatic heterocycles. The van der Waals surface area contributed by atoms with E-state index < -0.39 is 30.7 Å². The van der Waals surface area contributed by atoms with Gasteiger partial charge in [-0.15, -0.1) is 0 Å². The van der Waals surface area contributed by atoms with E-state index in [-0.39, 0.29) is 17.7 Å². The van der Waals surface area contributed by atoms with Crippen molar-refractivity contribution in [3.63, 3.8) is 0 Å². The summed E-state index contributed by atoms with van der Waals surface area (Å²) in [6.07, 6.45) is -1.99. The second kappa shape index (κ2) is 4.84. The van der Waals surface area contributed by atoms with Crippen molar-refractivity contribution in [2.45, 2.75) is 18.4 Å². The standard InChI is InChI=1S/C10H12FN3O4/c11-3-5-8(16)6(4-15)18-9(5)14-2-1-7(12)13-10(14)17/h1-3,6,8-9,15-16H,4H2,(H2,12,13,17)/b5-3+/t6-,8?,9-/m0/s1. The average molecular weight is 257 g/mol. The van der Waals surface area contributed by atoms with Crippen LogP contribution in [0.5, 0.6) is 0 Å². The highest BCUT2D eigenvalue weighted by atomic mass is 19.1. The van der Waals surface area contributed by atoms with Gasteiger partial charge in [0.15, 0.2) is 6.23 Å². The van der Waals surface area contributed by atoms with Crippen LogP contribution in [0, 0.1) is 0 Å². The van der Waals surface area contributed by atoms with E-state index in [9.17, 15) is 14.3 Å². The summed E-state index contributed by atoms with van der Waals surface area (Å²) in [7, 11) is 0. The molecule has 8 heteroatoms. The van der Waals surface area contributed by atoms with E-state index in [0.717, 1.165) is 4.57 Å². The van der Waals surface area contributed by atoms with Gasteiger partial charge in [-0.05, 0) is 6.07 Å². The molecule has 98 valence electrons. The van der Waals surface area contributed by atoms with Crippen LogP contribution in [-0.4, -0.2) is 38.6 Å². The molecule has 0 aliphatic carbocycles. The summed E-state index contributed by atoms with van der Waals surface area (Å²) in [6.45, 7) is -0.494. The summed E-state index contributed by atoms with van der Waals surface area (Å²) in [6, 6.07) is 1.35. The number of anilines is 1. The second-order valence-electron chi connectivity index (χ2n) is 3.81. The lowest BCUT2D eigenvalue weighted by molar-refractivity contribution is -0.0447. The Bertz CT molecular complexity index is 530. The number of aromatic nitrogens is 2. The van der Waals surface area contributed by atoms with Crippen molar-refractivity contribution in [2.24, 2.45) is 0 Å². The summed E-state index contributed by atoms with van der Waals surface area (Å²) in [5.41, 5.74) is 4.45. The molecule has 1 aromatic rings. The highest BCUT2D eigenvalue weighted by molar-refractivity contribution is 5.25. The van der Waals surface area contributed by atoms with Crippen molar-refractivity contribution >= 4 is 5.82 Å². The smallest absolute Gasteiger partial charge is 0.351 e. The van der Waals surface area contributed by atoms with Crippen molar-refractivity contribution in [3.05, 3.63) is 34.7 Å². The van der Waals surface area contributed by atoms with E-state index in [2.05, 4.69) is 4.98 Å². The van der Waals surface area contributed by atoms with Gasteiger partial charge in [-0.3, -0.25) is 4.57 Å². The van der Waals surface area contributed by atoms with Gasteiger partial charge in [0.25, 0.3) is 0 Å². The number of aliphatic hydroxyl groups excluding tert-OH is 2. The Morgan fingerprint density at radius 3 is 2.94 bits per heavy atom. The summed E-state index contributed by atoms with van der Waals surface area (Å²) < 4.78 is 19.0. The van der Waals surface area contributed by atoms with Crippen LogP contribution in [-0.2, 0) is 4.74 Å². The number of aliphatic hydroxyl groups is 2. The maximum absolute atomic E-state index is 12.8. The Kier molecular flexibility index (Phi) is 3.41. The van der Waals surface area contributed by atoms with E-state index in [4.69, 9.17) is 15.6 Å². The third kappa shape index (κ3) is 2.01. The predicted molar refractivity (Wildman–Crippen MR) is 59.1 cm³/mol. The van der Waals surface area contributed by atoms with Crippen molar-refractivity contribution in [3.8, 4) is 0 Å². The Labute approximate surface area is 101 Å². The fraction of sp³-hybridized carbons (Fsp3) is 0.400. The SMILES string of the molecule is Nc1ccn([C@H]2O[C@@H](CO)C(O)/C2=C\F)c(=O)n1. The first-order valence-corrected chi connectivity index (χ1v) is 5.17. The Morgan fingerprint density at radius 1 is 1.67 bits per heavy atom. The van der Waals surface area contributed by atoms with Gasteiger partial charge in [-0.25, -0.2) is 9.18 Å². The molecule has 0 bridgehead atoms. The largest absolute Gasteiger partial charge is 0.394 e. The minimum absolute atomic E-state index is 0.0271. The molecule has 7 nitrogen and oxygen atoms in total. The minimum Gasteiger partial charge on any atom is -0.394 e. The summed E-state index contributed by atoms with van der Waals surface area (Å²) in [4.78, 5) is 15.1. The molecule has 2 rings (SSSR count). The van der Waals surface area contributed by atoms with Gasteiger partial charge in [0.2, 0.25) is 0 Å². The molecule has 1 saturated heterocycles. The zero-order chi connectivity index (χ0) is 13.3. The average Bonchev–Trinajstić information content (AvgIpc) is 2.65. The van der Waals surface area contributed by atoms with Crippen LogP contribution in [0.25, 0.3) is 0 Å². The van der Waals surface area contributed by atoms with Crippen LogP contribution >= 0.6 is 0 Å². The molecule has 4 N–H and O–H groups in total. The van der Waals surface area contributed by atoms with Crippen LogP contribution in [0.15, 0.2) is 29.0 Å². The predicted octanol–water partition coefficient (Wildman–Crippen LogP) is -1.07. The number of nitrogens with two attached hydrogens (primary N) is 1. The summed E-state index contributed by atoms with van der Waals surface area (Å²) in [5.74, 6) is 0.0271. The van der Waals surface area contributed by atoms with Crippen molar-refractivity contribution < 1.29 is 19.3 Å². The van der Waals surface area contributed by atoms with E-state index in [1.54, 1.807) is 0 Å². The van der Waals surface area contributed by atoms with Crippen molar-refractivity contribution in [2.75, 3.05) is 12.3 Å². The third-order valence-corrected chi connectivity index (χ3v) is 2.69. The second-order valence-corrected chi connectivity index (χ2v) is 3.81. The Hall–Kier alpha value is -1.77. The van der Waals surface area contributed by atoms with Gasteiger partial charge in [0.05, 0.1) is 12.9 Å². The van der Waals surface area contributed by atoms with Gasteiger partial charge in [-0.2, -0.15) is 4.98 Å². The molecule has 0 spiro atoms. The zero-order valence-corrected chi connectivity index (χ0v) is 9.23. The minimum atomic E-state index is -1.31.